The maximum absolute atomic E-state index is 9.25. The maximum Gasteiger partial charge on any atom is 0.0688 e. The highest BCUT2D eigenvalue weighted by atomic mass is 16.3. The highest BCUT2D eigenvalue weighted by molar-refractivity contribution is 4.83. The predicted molar refractivity (Wildman–Crippen MR) is 45.4 cm³/mol. The van der Waals surface area contributed by atoms with Gasteiger partial charge in [-0.2, -0.15) is 0 Å². The van der Waals surface area contributed by atoms with Crippen molar-refractivity contribution in [2.75, 3.05) is 6.54 Å². The van der Waals surface area contributed by atoms with Gasteiger partial charge in [0.05, 0.1) is 12.2 Å². The molecular formula is C8H19NO2. The van der Waals surface area contributed by atoms with Gasteiger partial charge in [0.25, 0.3) is 0 Å². The smallest absolute Gasteiger partial charge is 0.0688 e. The molecule has 11 heavy (non-hydrogen) atoms. The van der Waals surface area contributed by atoms with E-state index >= 15 is 0 Å². The molecule has 0 bridgehead atoms. The molecule has 0 saturated carbocycles. The van der Waals surface area contributed by atoms with Crippen molar-refractivity contribution in [1.82, 2.24) is 5.32 Å². The van der Waals surface area contributed by atoms with E-state index in [1.807, 2.05) is 13.8 Å². The lowest BCUT2D eigenvalue weighted by Crippen LogP contribution is -2.50. The van der Waals surface area contributed by atoms with E-state index in [9.17, 15) is 5.11 Å². The number of β-amino-alcohol motifs (C(OH)–C–C–N with tert-alkyl or cyclic N) is 1. The Morgan fingerprint density at radius 1 is 1.27 bits per heavy atom. The molecule has 0 aromatic carbocycles. The first kappa shape index (κ1) is 10.9. The number of hydrogen-bond acceptors (Lipinski definition) is 3. The molecule has 0 amide bonds. The minimum Gasteiger partial charge on any atom is -0.392 e. The van der Waals surface area contributed by atoms with Crippen molar-refractivity contribution < 1.29 is 10.2 Å². The normalized spacial score (nSPS) is 18.0. The van der Waals surface area contributed by atoms with Gasteiger partial charge < -0.3 is 15.5 Å². The van der Waals surface area contributed by atoms with Crippen molar-refractivity contribution in [3.05, 3.63) is 0 Å². The summed E-state index contributed by atoms with van der Waals surface area (Å²) < 4.78 is 0. The summed E-state index contributed by atoms with van der Waals surface area (Å²) >= 11 is 0. The highest BCUT2D eigenvalue weighted by Gasteiger charge is 2.23. The molecule has 0 heterocycles. The molecule has 2 atom stereocenters. The van der Waals surface area contributed by atoms with Gasteiger partial charge in [-0.3, -0.25) is 0 Å². The van der Waals surface area contributed by atoms with Crippen molar-refractivity contribution in [3.8, 4) is 0 Å². The second kappa shape index (κ2) is 4.04. The molecule has 0 aliphatic rings. The summed E-state index contributed by atoms with van der Waals surface area (Å²) in [6, 6.07) is 0. The van der Waals surface area contributed by atoms with E-state index in [4.69, 9.17) is 5.11 Å². The lowest BCUT2D eigenvalue weighted by atomic mass is 9.99. The van der Waals surface area contributed by atoms with Gasteiger partial charge in [-0.15, -0.1) is 0 Å². The summed E-state index contributed by atoms with van der Waals surface area (Å²) in [6.45, 7) is 7.76. The topological polar surface area (TPSA) is 52.5 Å². The van der Waals surface area contributed by atoms with Crippen LogP contribution in [0.3, 0.4) is 0 Å². The SMILES string of the molecule is CC(O)CNC(C)(C)C(C)O. The van der Waals surface area contributed by atoms with Gasteiger partial charge in [0, 0.05) is 12.1 Å². The van der Waals surface area contributed by atoms with E-state index in [2.05, 4.69) is 5.32 Å². The largest absolute Gasteiger partial charge is 0.392 e. The molecule has 0 saturated heterocycles. The van der Waals surface area contributed by atoms with E-state index in [1.54, 1.807) is 13.8 Å². The highest BCUT2D eigenvalue weighted by Crippen LogP contribution is 2.07. The first-order valence-electron chi connectivity index (χ1n) is 3.97. The minimum absolute atomic E-state index is 0.322. The Labute approximate surface area is 68.4 Å². The third kappa shape index (κ3) is 4.35. The van der Waals surface area contributed by atoms with Crippen LogP contribution in [0.5, 0.6) is 0 Å². The molecular weight excluding hydrogens is 142 g/mol. The zero-order valence-corrected chi connectivity index (χ0v) is 7.76. The fourth-order valence-corrected chi connectivity index (χ4v) is 0.558. The first-order chi connectivity index (χ1) is 4.86. The molecule has 0 aromatic heterocycles. The van der Waals surface area contributed by atoms with Crippen LogP contribution in [-0.2, 0) is 0 Å². The van der Waals surface area contributed by atoms with Crippen LogP contribution in [-0.4, -0.2) is 34.5 Å². The average molecular weight is 161 g/mol. The van der Waals surface area contributed by atoms with Crippen molar-refractivity contribution >= 4 is 0 Å². The fourth-order valence-electron chi connectivity index (χ4n) is 0.558. The van der Waals surface area contributed by atoms with Crippen molar-refractivity contribution in [2.24, 2.45) is 0 Å². The van der Waals surface area contributed by atoms with Crippen LogP contribution < -0.4 is 5.32 Å². The fraction of sp³-hybridized carbons (Fsp3) is 1.00. The molecule has 0 fully saturated rings. The standard InChI is InChI=1S/C8H19NO2/c1-6(10)5-9-8(3,4)7(2)11/h6-7,9-11H,5H2,1-4H3. The zero-order valence-electron chi connectivity index (χ0n) is 7.76. The lowest BCUT2D eigenvalue weighted by Gasteiger charge is -2.30. The number of aliphatic hydroxyl groups excluding tert-OH is 2. The van der Waals surface area contributed by atoms with E-state index in [0.29, 0.717) is 6.54 Å². The Kier molecular flexibility index (Phi) is 4.00. The molecule has 0 aromatic rings. The molecule has 0 spiro atoms. The Morgan fingerprint density at radius 3 is 2.00 bits per heavy atom. The van der Waals surface area contributed by atoms with Crippen LogP contribution in [0, 0.1) is 0 Å². The van der Waals surface area contributed by atoms with Gasteiger partial charge in [-0.25, -0.2) is 0 Å². The molecule has 0 aliphatic carbocycles. The lowest BCUT2D eigenvalue weighted by molar-refractivity contribution is 0.0836. The Hall–Kier alpha value is -0.120. The van der Waals surface area contributed by atoms with Crippen molar-refractivity contribution in [2.45, 2.75) is 45.4 Å². The summed E-state index contributed by atoms with van der Waals surface area (Å²) in [6.07, 6.45) is -0.783. The van der Waals surface area contributed by atoms with E-state index < -0.39 is 6.10 Å². The number of nitrogens with one attached hydrogen (secondary N) is 1. The Balaban J connectivity index is 3.73. The van der Waals surface area contributed by atoms with Gasteiger partial charge in [0.1, 0.15) is 0 Å². The molecule has 2 unspecified atom stereocenters. The monoisotopic (exact) mass is 161 g/mol. The Bertz CT molecular complexity index is 111. The van der Waals surface area contributed by atoms with Gasteiger partial charge in [0.15, 0.2) is 0 Å². The van der Waals surface area contributed by atoms with Crippen LogP contribution in [0.2, 0.25) is 0 Å². The molecule has 0 rings (SSSR count). The molecule has 0 radical (unpaired) electrons. The summed E-state index contributed by atoms with van der Waals surface area (Å²) in [5, 5.41) is 21.3. The van der Waals surface area contributed by atoms with Crippen LogP contribution in [0.25, 0.3) is 0 Å². The van der Waals surface area contributed by atoms with Crippen LogP contribution in [0.4, 0.5) is 0 Å². The molecule has 3 nitrogen and oxygen atoms in total. The molecule has 0 aliphatic heterocycles. The van der Waals surface area contributed by atoms with E-state index in [-0.39, 0.29) is 11.6 Å². The third-order valence-corrected chi connectivity index (χ3v) is 1.90. The second-order valence-electron chi connectivity index (χ2n) is 3.63. The average Bonchev–Trinajstić information content (AvgIpc) is 1.84. The number of aliphatic hydroxyl groups is 2. The van der Waals surface area contributed by atoms with Crippen molar-refractivity contribution in [3.63, 3.8) is 0 Å². The van der Waals surface area contributed by atoms with Gasteiger partial charge in [-0.05, 0) is 27.7 Å². The summed E-state index contributed by atoms with van der Waals surface area (Å²) in [5.41, 5.74) is -0.322. The quantitative estimate of drug-likeness (QED) is 0.549. The van der Waals surface area contributed by atoms with Crippen molar-refractivity contribution in [1.29, 1.82) is 0 Å². The summed E-state index contributed by atoms with van der Waals surface area (Å²) in [5.74, 6) is 0. The van der Waals surface area contributed by atoms with Crippen LogP contribution in [0.15, 0.2) is 0 Å². The van der Waals surface area contributed by atoms with Gasteiger partial charge in [0.2, 0.25) is 0 Å². The van der Waals surface area contributed by atoms with Crippen LogP contribution >= 0.6 is 0 Å². The molecule has 3 heteroatoms. The Morgan fingerprint density at radius 2 is 1.73 bits per heavy atom. The van der Waals surface area contributed by atoms with Crippen LogP contribution in [0.1, 0.15) is 27.7 Å². The van der Waals surface area contributed by atoms with E-state index in [1.165, 1.54) is 0 Å². The summed E-state index contributed by atoms with van der Waals surface area (Å²) in [4.78, 5) is 0. The zero-order chi connectivity index (χ0) is 9.07. The number of hydrogen-bond donors (Lipinski definition) is 3. The van der Waals surface area contributed by atoms with Gasteiger partial charge >= 0.3 is 0 Å². The first-order valence-corrected chi connectivity index (χ1v) is 3.97. The maximum atomic E-state index is 9.25. The predicted octanol–water partition coefficient (Wildman–Crippen LogP) is 0.116. The summed E-state index contributed by atoms with van der Waals surface area (Å²) in [7, 11) is 0. The molecule has 3 N–H and O–H groups in total. The minimum atomic E-state index is -0.416. The second-order valence-corrected chi connectivity index (χ2v) is 3.63. The van der Waals surface area contributed by atoms with Gasteiger partial charge in [-0.1, -0.05) is 0 Å². The third-order valence-electron chi connectivity index (χ3n) is 1.90. The van der Waals surface area contributed by atoms with E-state index in [0.717, 1.165) is 0 Å². The molecule has 68 valence electrons. The number of rotatable bonds is 4.